The summed E-state index contributed by atoms with van der Waals surface area (Å²) in [7, 11) is 0. The molecule has 1 fully saturated rings. The van der Waals surface area contributed by atoms with Crippen LogP contribution in [0.15, 0.2) is 22.7 Å². The summed E-state index contributed by atoms with van der Waals surface area (Å²) >= 11 is 10.9. The number of carbonyl (C=O) groups is 2. The summed E-state index contributed by atoms with van der Waals surface area (Å²) in [4.78, 5) is 24.8. The Kier molecular flexibility index (Phi) is 5.78. The van der Waals surface area contributed by atoms with Crippen LogP contribution >= 0.6 is 39.3 Å². The first-order valence-corrected chi connectivity index (χ1v) is 8.62. The van der Waals surface area contributed by atoms with Gasteiger partial charge in [0.25, 0.3) is 0 Å². The lowest BCUT2D eigenvalue weighted by atomic mass is 10.2. The van der Waals surface area contributed by atoms with Gasteiger partial charge in [0.05, 0.1) is 17.5 Å². The van der Waals surface area contributed by atoms with Gasteiger partial charge in [0.1, 0.15) is 0 Å². The van der Waals surface area contributed by atoms with Gasteiger partial charge in [-0.15, -0.1) is 0 Å². The van der Waals surface area contributed by atoms with Gasteiger partial charge in [0.2, 0.25) is 0 Å². The molecule has 21 heavy (non-hydrogen) atoms. The predicted molar refractivity (Wildman–Crippen MR) is 88.2 cm³/mol. The fourth-order valence-electron chi connectivity index (χ4n) is 2.06. The molecule has 1 saturated heterocycles. The second-order valence-corrected chi connectivity index (χ2v) is 6.99. The van der Waals surface area contributed by atoms with E-state index in [0.717, 1.165) is 10.2 Å². The summed E-state index contributed by atoms with van der Waals surface area (Å²) in [6, 6.07) is 4.55. The number of carboxylic acid groups (broad SMARTS) is 1. The lowest BCUT2D eigenvalue weighted by Gasteiger charge is -2.34. The fraction of sp³-hybridized carbons (Fsp3) is 0.385. The van der Waals surface area contributed by atoms with Crippen molar-refractivity contribution in [1.29, 1.82) is 0 Å². The Hall–Kier alpha value is -0.920. The Labute approximate surface area is 140 Å². The van der Waals surface area contributed by atoms with Crippen molar-refractivity contribution in [2.75, 3.05) is 23.4 Å². The van der Waals surface area contributed by atoms with Gasteiger partial charge >= 0.3 is 12.0 Å². The van der Waals surface area contributed by atoms with E-state index in [2.05, 4.69) is 21.2 Å². The predicted octanol–water partition coefficient (Wildman–Crippen LogP) is 3.53. The number of thioether (sulfide) groups is 1. The Morgan fingerprint density at radius 3 is 2.95 bits per heavy atom. The number of hydrogen-bond donors (Lipinski definition) is 2. The van der Waals surface area contributed by atoms with Crippen LogP contribution in [0.4, 0.5) is 10.5 Å². The van der Waals surface area contributed by atoms with Crippen molar-refractivity contribution >= 4 is 57.0 Å². The third kappa shape index (κ3) is 4.52. The minimum absolute atomic E-state index is 0.0402. The molecule has 8 heteroatoms. The number of hydrogen-bond acceptors (Lipinski definition) is 3. The molecule has 1 aromatic carbocycles. The molecule has 0 bridgehead atoms. The lowest BCUT2D eigenvalue weighted by molar-refractivity contribution is -0.137. The molecule has 2 rings (SSSR count). The molecule has 0 aliphatic carbocycles. The van der Waals surface area contributed by atoms with E-state index in [9.17, 15) is 9.59 Å². The minimum Gasteiger partial charge on any atom is -0.481 e. The number of urea groups is 1. The molecule has 0 aromatic heterocycles. The van der Waals surface area contributed by atoms with Crippen LogP contribution in [0.25, 0.3) is 0 Å². The molecule has 1 heterocycles. The highest BCUT2D eigenvalue weighted by Crippen LogP contribution is 2.26. The van der Waals surface area contributed by atoms with Gasteiger partial charge in [0, 0.05) is 28.2 Å². The summed E-state index contributed by atoms with van der Waals surface area (Å²) in [5, 5.41) is 12.2. The zero-order chi connectivity index (χ0) is 15.4. The molecule has 1 aromatic rings. The standard InChI is InChI=1S/C13H14BrClN2O3S/c14-10-2-1-8(5-11(10)15)16-13(20)17-3-4-21-7-9(17)6-12(18)19/h1-2,5,9H,3-4,6-7H2,(H,16,20)(H,18,19). The van der Waals surface area contributed by atoms with Gasteiger partial charge in [0.15, 0.2) is 0 Å². The Balaban J connectivity index is 2.06. The molecule has 2 N–H and O–H groups in total. The summed E-state index contributed by atoms with van der Waals surface area (Å²) in [5.74, 6) is 0.554. The van der Waals surface area contributed by atoms with Crippen LogP contribution in [0.3, 0.4) is 0 Å². The molecule has 0 spiro atoms. The zero-order valence-corrected chi connectivity index (χ0v) is 14.2. The molecule has 1 aliphatic heterocycles. The number of amides is 2. The molecule has 114 valence electrons. The topological polar surface area (TPSA) is 69.6 Å². The molecule has 0 saturated carbocycles. The van der Waals surface area contributed by atoms with E-state index in [1.807, 2.05) is 0 Å². The average molecular weight is 394 g/mol. The van der Waals surface area contributed by atoms with Crippen molar-refractivity contribution in [3.05, 3.63) is 27.7 Å². The van der Waals surface area contributed by atoms with Gasteiger partial charge in [-0.3, -0.25) is 4.79 Å². The smallest absolute Gasteiger partial charge is 0.322 e. The molecule has 0 radical (unpaired) electrons. The van der Waals surface area contributed by atoms with Crippen LogP contribution in [0.1, 0.15) is 6.42 Å². The number of benzene rings is 1. The van der Waals surface area contributed by atoms with Crippen molar-refractivity contribution in [3.8, 4) is 0 Å². The maximum atomic E-state index is 12.3. The number of halogens is 2. The minimum atomic E-state index is -0.896. The largest absolute Gasteiger partial charge is 0.481 e. The van der Waals surface area contributed by atoms with Crippen LogP contribution in [-0.2, 0) is 4.79 Å². The first kappa shape index (κ1) is 16.5. The average Bonchev–Trinajstić information content (AvgIpc) is 2.43. The van der Waals surface area contributed by atoms with Crippen molar-refractivity contribution in [2.24, 2.45) is 0 Å². The first-order chi connectivity index (χ1) is 9.97. The summed E-state index contributed by atoms with van der Waals surface area (Å²) in [5.41, 5.74) is 0.584. The first-order valence-electron chi connectivity index (χ1n) is 6.29. The second kappa shape index (κ2) is 7.38. The third-order valence-electron chi connectivity index (χ3n) is 3.07. The van der Waals surface area contributed by atoms with Gasteiger partial charge < -0.3 is 15.3 Å². The molecule has 2 amide bonds. The quantitative estimate of drug-likeness (QED) is 0.824. The van der Waals surface area contributed by atoms with Gasteiger partial charge in [-0.25, -0.2) is 4.79 Å². The Bertz CT molecular complexity index is 558. The van der Waals surface area contributed by atoms with E-state index in [0.29, 0.717) is 23.0 Å². The highest BCUT2D eigenvalue weighted by atomic mass is 79.9. The Morgan fingerprint density at radius 1 is 1.52 bits per heavy atom. The van der Waals surface area contributed by atoms with E-state index in [4.69, 9.17) is 16.7 Å². The van der Waals surface area contributed by atoms with E-state index < -0.39 is 5.97 Å². The van der Waals surface area contributed by atoms with Crippen molar-refractivity contribution in [1.82, 2.24) is 4.90 Å². The summed E-state index contributed by atoms with van der Waals surface area (Å²) < 4.78 is 0.750. The van der Waals surface area contributed by atoms with Crippen molar-refractivity contribution in [2.45, 2.75) is 12.5 Å². The lowest BCUT2D eigenvalue weighted by Crippen LogP contribution is -2.48. The molecule has 1 aliphatic rings. The van der Waals surface area contributed by atoms with Crippen LogP contribution in [0.2, 0.25) is 5.02 Å². The molecule has 5 nitrogen and oxygen atoms in total. The van der Waals surface area contributed by atoms with Crippen LogP contribution in [0.5, 0.6) is 0 Å². The molecule has 1 unspecified atom stereocenters. The van der Waals surface area contributed by atoms with Crippen molar-refractivity contribution < 1.29 is 14.7 Å². The highest BCUT2D eigenvalue weighted by Gasteiger charge is 2.28. The van der Waals surface area contributed by atoms with Crippen LogP contribution in [0, 0.1) is 0 Å². The number of carboxylic acids is 1. The van der Waals surface area contributed by atoms with Crippen LogP contribution in [-0.4, -0.2) is 46.1 Å². The summed E-state index contributed by atoms with van der Waals surface area (Å²) in [6.45, 7) is 0.540. The zero-order valence-electron chi connectivity index (χ0n) is 11.0. The van der Waals surface area contributed by atoms with Crippen LogP contribution < -0.4 is 5.32 Å². The number of nitrogens with zero attached hydrogens (tertiary/aromatic N) is 1. The van der Waals surface area contributed by atoms with Gasteiger partial charge in [-0.2, -0.15) is 11.8 Å². The molecular formula is C13H14BrClN2O3S. The van der Waals surface area contributed by atoms with E-state index in [-0.39, 0.29) is 18.5 Å². The van der Waals surface area contributed by atoms with Crippen molar-refractivity contribution in [3.63, 3.8) is 0 Å². The maximum Gasteiger partial charge on any atom is 0.322 e. The number of carbonyl (C=O) groups excluding carboxylic acids is 1. The van der Waals surface area contributed by atoms with E-state index in [1.165, 1.54) is 0 Å². The maximum absolute atomic E-state index is 12.3. The second-order valence-electron chi connectivity index (χ2n) is 4.58. The van der Waals surface area contributed by atoms with Gasteiger partial charge in [-0.05, 0) is 34.1 Å². The normalized spacial score (nSPS) is 18.4. The molecular weight excluding hydrogens is 380 g/mol. The Morgan fingerprint density at radius 2 is 2.29 bits per heavy atom. The highest BCUT2D eigenvalue weighted by molar-refractivity contribution is 9.10. The third-order valence-corrected chi connectivity index (χ3v) is 5.39. The summed E-state index contributed by atoms with van der Waals surface area (Å²) in [6.07, 6.45) is -0.0402. The van der Waals surface area contributed by atoms with Gasteiger partial charge in [-0.1, -0.05) is 11.6 Å². The number of rotatable bonds is 3. The molecule has 1 atom stereocenters. The fourth-order valence-corrected chi connectivity index (χ4v) is 3.55. The monoisotopic (exact) mass is 392 g/mol. The number of nitrogens with one attached hydrogen (secondary N) is 1. The van der Waals surface area contributed by atoms with E-state index >= 15 is 0 Å². The SMILES string of the molecule is O=C(O)CC1CSCCN1C(=O)Nc1ccc(Br)c(Cl)c1. The number of anilines is 1. The number of aliphatic carboxylic acids is 1. The van der Waals surface area contributed by atoms with E-state index in [1.54, 1.807) is 34.9 Å².